The van der Waals surface area contributed by atoms with E-state index >= 15 is 0 Å². The Balaban J connectivity index is 3.36. The van der Waals surface area contributed by atoms with Crippen LogP contribution in [0.25, 0.3) is 0 Å². The molecule has 2 N–H and O–H groups in total. The Morgan fingerprint density at radius 3 is 2.69 bits per heavy atom. The summed E-state index contributed by atoms with van der Waals surface area (Å²) in [5, 5.41) is 8.73. The number of H-pyrrole nitrogens is 1. The molecule has 1 rings (SSSR count). The minimum atomic E-state index is -2.69. The van der Waals surface area contributed by atoms with Gasteiger partial charge >= 0.3 is 0 Å². The molecule has 0 aliphatic carbocycles. The van der Waals surface area contributed by atoms with Gasteiger partial charge in [0, 0.05) is 15.2 Å². The smallest absolute Gasteiger partial charge is 0.265 e. The predicted molar refractivity (Wildman–Crippen MR) is 50.7 cm³/mol. The Bertz CT molecular complexity index is 364. The van der Waals surface area contributed by atoms with Crippen LogP contribution in [0.4, 0.5) is 8.78 Å². The molecule has 0 unspecified atom stereocenters. The van der Waals surface area contributed by atoms with Crippen LogP contribution in [0.5, 0.6) is 0 Å². The van der Waals surface area contributed by atoms with Crippen LogP contribution >= 0.6 is 22.6 Å². The zero-order valence-electron chi connectivity index (χ0n) is 6.35. The molecule has 13 heavy (non-hydrogen) atoms. The Morgan fingerprint density at radius 2 is 2.23 bits per heavy atom. The lowest BCUT2D eigenvalue weighted by Crippen LogP contribution is -2.12. The second-order valence-electron chi connectivity index (χ2n) is 2.34. The van der Waals surface area contributed by atoms with Gasteiger partial charge < -0.3 is 10.1 Å². The first-order chi connectivity index (χ1) is 6.06. The molecule has 1 aromatic rings. The third-order valence-corrected chi connectivity index (χ3v) is 2.75. The normalized spacial score (nSPS) is 10.8. The lowest BCUT2D eigenvalue weighted by molar-refractivity contribution is 0.149. The van der Waals surface area contributed by atoms with Crippen molar-refractivity contribution < 1.29 is 13.9 Å². The minimum absolute atomic E-state index is 0.128. The topological polar surface area (TPSA) is 53.1 Å². The summed E-state index contributed by atoms with van der Waals surface area (Å²) in [5.41, 5.74) is -0.837. The highest BCUT2D eigenvalue weighted by Crippen LogP contribution is 2.24. The molecule has 1 aromatic heterocycles. The van der Waals surface area contributed by atoms with Crippen LogP contribution < -0.4 is 5.56 Å². The summed E-state index contributed by atoms with van der Waals surface area (Å²) in [6.07, 6.45) is -2.69. The van der Waals surface area contributed by atoms with Crippen molar-refractivity contribution in [3.63, 3.8) is 0 Å². The van der Waals surface area contributed by atoms with Crippen molar-refractivity contribution >= 4 is 22.6 Å². The fourth-order valence-corrected chi connectivity index (χ4v) is 1.58. The molecule has 0 spiro atoms. The Kier molecular flexibility index (Phi) is 3.37. The summed E-state index contributed by atoms with van der Waals surface area (Å²) in [7, 11) is 0. The van der Waals surface area contributed by atoms with Crippen molar-refractivity contribution in [1.29, 1.82) is 0 Å². The van der Waals surface area contributed by atoms with Crippen LogP contribution in [-0.4, -0.2) is 10.1 Å². The molecule has 0 fully saturated rings. The summed E-state index contributed by atoms with van der Waals surface area (Å²) in [6.45, 7) is -0.450. The molecule has 0 atom stereocenters. The first-order valence-corrected chi connectivity index (χ1v) is 4.44. The molecule has 0 aliphatic rings. The maximum atomic E-state index is 12.3. The molecule has 0 aromatic carbocycles. The molecule has 0 saturated carbocycles. The number of aliphatic hydroxyl groups excluding tert-OH is 1. The standard InChI is InChI=1S/C7H6F2INO2/c8-7(9)3-1-5(13)11-4(2-12)6(3)10/h1,7,12H,2H2,(H,11,13). The summed E-state index contributed by atoms with van der Waals surface area (Å²) in [4.78, 5) is 13.1. The van der Waals surface area contributed by atoms with Crippen molar-refractivity contribution in [2.75, 3.05) is 0 Å². The van der Waals surface area contributed by atoms with E-state index in [4.69, 9.17) is 5.11 Å². The largest absolute Gasteiger partial charge is 0.390 e. The minimum Gasteiger partial charge on any atom is -0.390 e. The maximum Gasteiger partial charge on any atom is 0.265 e. The summed E-state index contributed by atoms with van der Waals surface area (Å²) in [5.74, 6) is 0. The van der Waals surface area contributed by atoms with Crippen molar-refractivity contribution in [3.8, 4) is 0 Å². The number of aromatic amines is 1. The zero-order chi connectivity index (χ0) is 10.0. The molecule has 3 nitrogen and oxygen atoms in total. The van der Waals surface area contributed by atoms with Crippen molar-refractivity contribution in [2.24, 2.45) is 0 Å². The monoisotopic (exact) mass is 301 g/mol. The zero-order valence-corrected chi connectivity index (χ0v) is 8.51. The third kappa shape index (κ3) is 2.25. The number of nitrogens with one attached hydrogen (secondary N) is 1. The average molecular weight is 301 g/mol. The van der Waals surface area contributed by atoms with Crippen LogP contribution in [0, 0.1) is 3.57 Å². The van der Waals surface area contributed by atoms with Crippen LogP contribution in [0.3, 0.4) is 0 Å². The number of hydrogen-bond donors (Lipinski definition) is 2. The second kappa shape index (κ2) is 4.14. The van der Waals surface area contributed by atoms with E-state index in [1.165, 1.54) is 0 Å². The predicted octanol–water partition coefficient (Wildman–Crippen LogP) is 1.41. The van der Waals surface area contributed by atoms with Gasteiger partial charge in [-0.2, -0.15) is 0 Å². The van der Waals surface area contributed by atoms with Crippen molar-refractivity contribution in [3.05, 3.63) is 31.2 Å². The fourth-order valence-electron chi connectivity index (χ4n) is 0.886. The van der Waals surface area contributed by atoms with Gasteiger partial charge in [0.05, 0.1) is 12.3 Å². The van der Waals surface area contributed by atoms with E-state index in [0.29, 0.717) is 0 Å². The Labute approximate surface area is 85.9 Å². The molecular formula is C7H6F2INO2. The molecule has 0 saturated heterocycles. The van der Waals surface area contributed by atoms with Gasteiger partial charge in [-0.1, -0.05) is 0 Å². The molecule has 0 radical (unpaired) electrons. The van der Waals surface area contributed by atoms with E-state index in [1.807, 2.05) is 0 Å². The summed E-state index contributed by atoms with van der Waals surface area (Å²) in [6, 6.07) is 0.839. The van der Waals surface area contributed by atoms with Gasteiger partial charge in [-0.05, 0) is 22.6 Å². The van der Waals surface area contributed by atoms with Crippen molar-refractivity contribution in [1.82, 2.24) is 4.98 Å². The van der Waals surface area contributed by atoms with Gasteiger partial charge in [-0.25, -0.2) is 8.78 Å². The van der Waals surface area contributed by atoms with E-state index in [2.05, 4.69) is 4.98 Å². The van der Waals surface area contributed by atoms with Gasteiger partial charge in [0.2, 0.25) is 5.56 Å². The van der Waals surface area contributed by atoms with Crippen LogP contribution in [0.2, 0.25) is 0 Å². The van der Waals surface area contributed by atoms with Crippen LogP contribution in [0.1, 0.15) is 17.7 Å². The highest BCUT2D eigenvalue weighted by atomic mass is 127. The van der Waals surface area contributed by atoms with E-state index in [-0.39, 0.29) is 14.8 Å². The van der Waals surface area contributed by atoms with Gasteiger partial charge in [-0.3, -0.25) is 4.79 Å². The number of hydrogen-bond acceptors (Lipinski definition) is 2. The molecule has 6 heteroatoms. The van der Waals surface area contributed by atoms with E-state index < -0.39 is 18.6 Å². The number of rotatable bonds is 2. The van der Waals surface area contributed by atoms with Crippen LogP contribution in [0.15, 0.2) is 10.9 Å². The fraction of sp³-hybridized carbons (Fsp3) is 0.286. The summed E-state index contributed by atoms with van der Waals surface area (Å²) >= 11 is 1.66. The highest BCUT2D eigenvalue weighted by Gasteiger charge is 2.15. The van der Waals surface area contributed by atoms with E-state index in [0.717, 1.165) is 6.07 Å². The van der Waals surface area contributed by atoms with Gasteiger partial charge in [0.1, 0.15) is 0 Å². The Morgan fingerprint density at radius 1 is 1.62 bits per heavy atom. The SMILES string of the molecule is O=c1cc(C(F)F)c(I)c(CO)[nH]1. The maximum absolute atomic E-state index is 12.3. The number of aromatic nitrogens is 1. The Hall–Kier alpha value is -0.500. The molecular weight excluding hydrogens is 295 g/mol. The molecule has 0 bridgehead atoms. The number of halogens is 3. The first-order valence-electron chi connectivity index (χ1n) is 3.37. The summed E-state index contributed by atoms with van der Waals surface area (Å²) < 4.78 is 24.8. The third-order valence-electron chi connectivity index (χ3n) is 1.47. The lowest BCUT2D eigenvalue weighted by Gasteiger charge is -2.05. The average Bonchev–Trinajstić information content (AvgIpc) is 2.08. The number of alkyl halides is 2. The second-order valence-corrected chi connectivity index (χ2v) is 3.42. The molecule has 0 amide bonds. The quantitative estimate of drug-likeness (QED) is 0.812. The van der Waals surface area contributed by atoms with Crippen LogP contribution in [-0.2, 0) is 6.61 Å². The molecule has 0 aliphatic heterocycles. The van der Waals surface area contributed by atoms with E-state index in [9.17, 15) is 13.6 Å². The van der Waals surface area contributed by atoms with Gasteiger partial charge in [-0.15, -0.1) is 0 Å². The van der Waals surface area contributed by atoms with Gasteiger partial charge in [0.15, 0.2) is 0 Å². The van der Waals surface area contributed by atoms with Gasteiger partial charge in [0.25, 0.3) is 6.43 Å². The number of aliphatic hydroxyl groups is 1. The molecule has 72 valence electrons. The number of pyridine rings is 1. The molecule has 1 heterocycles. The first kappa shape index (κ1) is 10.6. The lowest BCUT2D eigenvalue weighted by atomic mass is 10.2. The van der Waals surface area contributed by atoms with E-state index in [1.54, 1.807) is 22.6 Å². The van der Waals surface area contributed by atoms with Crippen molar-refractivity contribution in [2.45, 2.75) is 13.0 Å². The highest BCUT2D eigenvalue weighted by molar-refractivity contribution is 14.1.